The summed E-state index contributed by atoms with van der Waals surface area (Å²) in [6, 6.07) is 9.38. The molecule has 2 amide bonds. The number of hydrogen-bond acceptors (Lipinski definition) is 5. The third kappa shape index (κ3) is 4.76. The van der Waals surface area contributed by atoms with Gasteiger partial charge in [0.05, 0.1) is 6.04 Å². The monoisotopic (exact) mass is 390 g/mol. The molecule has 1 aromatic rings. The summed E-state index contributed by atoms with van der Waals surface area (Å²) >= 11 is 0. The van der Waals surface area contributed by atoms with Crippen molar-refractivity contribution in [1.82, 2.24) is 9.80 Å². The zero-order valence-electron chi connectivity index (χ0n) is 16.8. The lowest BCUT2D eigenvalue weighted by molar-refractivity contribution is 0.0107. The Kier molecular flexibility index (Phi) is 6.13. The van der Waals surface area contributed by atoms with E-state index in [4.69, 9.17) is 9.47 Å². The van der Waals surface area contributed by atoms with E-state index in [-0.39, 0.29) is 37.2 Å². The SMILES string of the molecule is CC(C)(C)OC(=O)N1C[C@H](CO)[C@H]2CCN(C(=O)OCc3ccccc3)C[C@H]21. The maximum Gasteiger partial charge on any atom is 0.410 e. The van der Waals surface area contributed by atoms with Gasteiger partial charge in [0.1, 0.15) is 12.2 Å². The van der Waals surface area contributed by atoms with Crippen LogP contribution in [0, 0.1) is 11.8 Å². The molecular formula is C21H30N2O5. The van der Waals surface area contributed by atoms with E-state index in [2.05, 4.69) is 0 Å². The molecule has 2 heterocycles. The number of aliphatic hydroxyl groups is 1. The second-order valence-electron chi connectivity index (χ2n) is 8.58. The molecule has 7 nitrogen and oxygen atoms in total. The molecule has 0 radical (unpaired) electrons. The molecule has 154 valence electrons. The highest BCUT2D eigenvalue weighted by molar-refractivity contribution is 5.70. The van der Waals surface area contributed by atoms with Crippen LogP contribution in [0.25, 0.3) is 0 Å². The summed E-state index contributed by atoms with van der Waals surface area (Å²) in [5, 5.41) is 9.74. The van der Waals surface area contributed by atoms with Gasteiger partial charge in [-0.2, -0.15) is 0 Å². The van der Waals surface area contributed by atoms with Crippen molar-refractivity contribution in [2.75, 3.05) is 26.2 Å². The van der Waals surface area contributed by atoms with Gasteiger partial charge in [0.2, 0.25) is 0 Å². The molecule has 0 aliphatic carbocycles. The third-order valence-electron chi connectivity index (χ3n) is 5.40. The molecule has 2 aliphatic heterocycles. The van der Waals surface area contributed by atoms with E-state index >= 15 is 0 Å². The van der Waals surface area contributed by atoms with E-state index in [1.54, 1.807) is 9.80 Å². The molecule has 0 saturated carbocycles. The van der Waals surface area contributed by atoms with Crippen LogP contribution in [-0.4, -0.2) is 65.0 Å². The normalized spacial score (nSPS) is 24.6. The second kappa shape index (κ2) is 8.39. The highest BCUT2D eigenvalue weighted by Crippen LogP contribution is 2.37. The van der Waals surface area contributed by atoms with Gasteiger partial charge in [0.15, 0.2) is 0 Å². The lowest BCUT2D eigenvalue weighted by Crippen LogP contribution is -2.52. The Bertz CT molecular complexity index is 688. The number of nitrogens with zero attached hydrogens (tertiary/aromatic N) is 2. The Morgan fingerprint density at radius 1 is 1.14 bits per heavy atom. The number of hydrogen-bond donors (Lipinski definition) is 1. The van der Waals surface area contributed by atoms with Crippen LogP contribution in [-0.2, 0) is 16.1 Å². The van der Waals surface area contributed by atoms with E-state index in [9.17, 15) is 14.7 Å². The van der Waals surface area contributed by atoms with Crippen LogP contribution in [0.4, 0.5) is 9.59 Å². The van der Waals surface area contributed by atoms with Crippen LogP contribution < -0.4 is 0 Å². The van der Waals surface area contributed by atoms with Crippen molar-refractivity contribution < 1.29 is 24.2 Å². The summed E-state index contributed by atoms with van der Waals surface area (Å²) in [6.45, 7) is 7.15. The number of likely N-dealkylation sites (tertiary alicyclic amines) is 2. The van der Waals surface area contributed by atoms with E-state index < -0.39 is 11.7 Å². The molecule has 2 fully saturated rings. The minimum absolute atomic E-state index is 0.0139. The third-order valence-corrected chi connectivity index (χ3v) is 5.40. The first-order valence-corrected chi connectivity index (χ1v) is 9.84. The first kappa shape index (κ1) is 20.5. The summed E-state index contributed by atoms with van der Waals surface area (Å²) in [4.78, 5) is 28.5. The molecule has 2 aliphatic rings. The van der Waals surface area contributed by atoms with Crippen LogP contribution in [0.5, 0.6) is 0 Å². The minimum Gasteiger partial charge on any atom is -0.445 e. The number of carbonyl (C=O) groups is 2. The minimum atomic E-state index is -0.590. The number of carbonyl (C=O) groups excluding carboxylic acids is 2. The van der Waals surface area contributed by atoms with Crippen LogP contribution in [0.2, 0.25) is 0 Å². The van der Waals surface area contributed by atoms with Gasteiger partial charge in [-0.1, -0.05) is 30.3 Å². The highest BCUT2D eigenvalue weighted by atomic mass is 16.6. The Hall–Kier alpha value is -2.28. The highest BCUT2D eigenvalue weighted by Gasteiger charge is 2.48. The molecule has 0 spiro atoms. The van der Waals surface area contributed by atoms with E-state index in [1.807, 2.05) is 51.1 Å². The molecular weight excluding hydrogens is 360 g/mol. The van der Waals surface area contributed by atoms with Crippen molar-refractivity contribution in [3.63, 3.8) is 0 Å². The van der Waals surface area contributed by atoms with Crippen LogP contribution in [0.1, 0.15) is 32.8 Å². The number of fused-ring (bicyclic) bond motifs is 1. The van der Waals surface area contributed by atoms with Crippen LogP contribution >= 0.6 is 0 Å². The molecule has 28 heavy (non-hydrogen) atoms. The molecule has 3 atom stereocenters. The zero-order valence-corrected chi connectivity index (χ0v) is 16.8. The van der Waals surface area contributed by atoms with Gasteiger partial charge in [-0.25, -0.2) is 9.59 Å². The van der Waals surface area contributed by atoms with Gasteiger partial charge in [0.25, 0.3) is 0 Å². The average molecular weight is 390 g/mol. The second-order valence-corrected chi connectivity index (χ2v) is 8.58. The average Bonchev–Trinajstić information content (AvgIpc) is 3.03. The molecule has 1 N–H and O–H groups in total. The summed E-state index contributed by atoms with van der Waals surface area (Å²) < 4.78 is 11.0. The molecule has 3 rings (SSSR count). The number of aliphatic hydroxyl groups excluding tert-OH is 1. The number of benzene rings is 1. The topological polar surface area (TPSA) is 79.3 Å². The Morgan fingerprint density at radius 2 is 1.86 bits per heavy atom. The van der Waals surface area contributed by atoms with Crippen molar-refractivity contribution in [3.8, 4) is 0 Å². The Morgan fingerprint density at radius 3 is 2.50 bits per heavy atom. The van der Waals surface area contributed by atoms with Gasteiger partial charge >= 0.3 is 12.2 Å². The van der Waals surface area contributed by atoms with Crippen molar-refractivity contribution in [2.24, 2.45) is 11.8 Å². The molecule has 7 heteroatoms. The van der Waals surface area contributed by atoms with E-state index in [1.165, 1.54) is 0 Å². The number of amides is 2. The predicted octanol–water partition coefficient (Wildman–Crippen LogP) is 2.87. The first-order valence-electron chi connectivity index (χ1n) is 9.84. The van der Waals surface area contributed by atoms with E-state index in [0.717, 1.165) is 12.0 Å². The lowest BCUT2D eigenvalue weighted by atomic mass is 9.85. The Labute approximate surface area is 166 Å². The maximum atomic E-state index is 12.7. The van der Waals surface area contributed by atoms with Crippen molar-refractivity contribution >= 4 is 12.2 Å². The fourth-order valence-electron chi connectivity index (χ4n) is 4.05. The summed E-state index contributed by atoms with van der Waals surface area (Å²) in [6.07, 6.45) is -0.0350. The molecule has 2 saturated heterocycles. The van der Waals surface area contributed by atoms with Gasteiger partial charge < -0.3 is 24.4 Å². The standard InChI is InChI=1S/C21H30N2O5/c1-21(2,3)28-20(26)23-11-16(13-24)17-9-10-22(12-18(17)23)19(25)27-14-15-7-5-4-6-8-15/h4-8,16-18,24H,9-14H2,1-3H3/t16-,17-,18-/m1/s1. The lowest BCUT2D eigenvalue weighted by Gasteiger charge is -2.38. The quantitative estimate of drug-likeness (QED) is 0.859. The largest absolute Gasteiger partial charge is 0.445 e. The Balaban J connectivity index is 1.63. The summed E-state index contributed by atoms with van der Waals surface area (Å²) in [7, 11) is 0. The number of ether oxygens (including phenoxy) is 2. The zero-order chi connectivity index (χ0) is 20.3. The van der Waals surface area contributed by atoms with Gasteiger partial charge in [-0.05, 0) is 38.7 Å². The number of rotatable bonds is 3. The van der Waals surface area contributed by atoms with Gasteiger partial charge in [0, 0.05) is 32.2 Å². The summed E-state index contributed by atoms with van der Waals surface area (Å²) in [5.74, 6) is 0.177. The van der Waals surface area contributed by atoms with Crippen molar-refractivity contribution in [1.29, 1.82) is 0 Å². The first-order chi connectivity index (χ1) is 13.3. The smallest absolute Gasteiger partial charge is 0.410 e. The maximum absolute atomic E-state index is 12.7. The van der Waals surface area contributed by atoms with Gasteiger partial charge in [-0.15, -0.1) is 0 Å². The summed E-state index contributed by atoms with van der Waals surface area (Å²) in [5.41, 5.74) is 0.342. The van der Waals surface area contributed by atoms with Crippen molar-refractivity contribution in [3.05, 3.63) is 35.9 Å². The van der Waals surface area contributed by atoms with Gasteiger partial charge in [-0.3, -0.25) is 0 Å². The number of piperidine rings is 1. The predicted molar refractivity (Wildman–Crippen MR) is 104 cm³/mol. The van der Waals surface area contributed by atoms with Crippen molar-refractivity contribution in [2.45, 2.75) is 45.4 Å². The fraction of sp³-hybridized carbons (Fsp3) is 0.619. The molecule has 1 aromatic carbocycles. The fourth-order valence-corrected chi connectivity index (χ4v) is 4.05. The van der Waals surface area contributed by atoms with Crippen LogP contribution in [0.3, 0.4) is 0 Å². The molecule has 0 unspecified atom stereocenters. The molecule has 0 bridgehead atoms. The molecule has 0 aromatic heterocycles. The van der Waals surface area contributed by atoms with Crippen LogP contribution in [0.15, 0.2) is 30.3 Å². The van der Waals surface area contributed by atoms with E-state index in [0.29, 0.717) is 19.6 Å².